The Bertz CT molecular complexity index is 854. The van der Waals surface area contributed by atoms with E-state index in [0.29, 0.717) is 5.92 Å². The van der Waals surface area contributed by atoms with Crippen LogP contribution in [0.3, 0.4) is 0 Å². The van der Waals surface area contributed by atoms with Crippen molar-refractivity contribution in [2.24, 2.45) is 17.8 Å². The fourth-order valence-corrected chi connectivity index (χ4v) is 6.14. The molecule has 2 fully saturated rings. The highest BCUT2D eigenvalue weighted by Gasteiger charge is 2.35. The van der Waals surface area contributed by atoms with Crippen molar-refractivity contribution in [3.63, 3.8) is 0 Å². The van der Waals surface area contributed by atoms with Crippen LogP contribution in [0.4, 0.5) is 13.2 Å². The van der Waals surface area contributed by atoms with Gasteiger partial charge < -0.3 is 0 Å². The average molecular weight is 429 g/mol. The molecule has 0 aromatic heterocycles. The maximum absolute atomic E-state index is 14.9. The topological polar surface area (TPSA) is 0 Å². The Morgan fingerprint density at radius 2 is 1.52 bits per heavy atom. The molecular weight excluding hydrogens is 393 g/mol. The highest BCUT2D eigenvalue weighted by atomic mass is 19.1. The van der Waals surface area contributed by atoms with Crippen LogP contribution in [0.1, 0.15) is 89.0 Å². The van der Waals surface area contributed by atoms with Crippen molar-refractivity contribution in [3.8, 4) is 11.1 Å². The van der Waals surface area contributed by atoms with Gasteiger partial charge in [0.1, 0.15) is 17.5 Å². The minimum atomic E-state index is -0.683. The first kappa shape index (κ1) is 22.4. The van der Waals surface area contributed by atoms with E-state index >= 15 is 0 Å². The van der Waals surface area contributed by atoms with Crippen LogP contribution >= 0.6 is 0 Å². The Kier molecular flexibility index (Phi) is 7.40. The minimum absolute atomic E-state index is 0.252. The van der Waals surface area contributed by atoms with Crippen molar-refractivity contribution < 1.29 is 13.2 Å². The predicted molar refractivity (Wildman–Crippen MR) is 121 cm³/mol. The third-order valence-corrected chi connectivity index (χ3v) is 7.83. The molecule has 4 rings (SSSR count). The van der Waals surface area contributed by atoms with E-state index in [2.05, 4.69) is 6.92 Å². The molecule has 0 bridgehead atoms. The zero-order chi connectivity index (χ0) is 21.8. The lowest BCUT2D eigenvalue weighted by atomic mass is 9.63. The highest BCUT2D eigenvalue weighted by molar-refractivity contribution is 5.64. The van der Waals surface area contributed by atoms with Crippen LogP contribution in [0.15, 0.2) is 36.4 Å². The molecule has 0 radical (unpaired) electrons. The van der Waals surface area contributed by atoms with Crippen LogP contribution < -0.4 is 0 Å². The van der Waals surface area contributed by atoms with Crippen molar-refractivity contribution in [2.75, 3.05) is 0 Å². The van der Waals surface area contributed by atoms with Crippen molar-refractivity contribution >= 4 is 0 Å². The molecule has 0 amide bonds. The number of unbranched alkanes of at least 4 members (excludes halogenated alkanes) is 3. The molecule has 2 saturated carbocycles. The fraction of sp³-hybridized carbons (Fsp3) is 0.571. The maximum Gasteiger partial charge on any atom is 0.131 e. The summed E-state index contributed by atoms with van der Waals surface area (Å²) in [6, 6.07) is 8.44. The van der Waals surface area contributed by atoms with E-state index in [1.165, 1.54) is 69.9 Å². The molecule has 3 heteroatoms. The van der Waals surface area contributed by atoms with Crippen LogP contribution in [-0.2, 0) is 0 Å². The van der Waals surface area contributed by atoms with Gasteiger partial charge in [-0.15, -0.1) is 0 Å². The molecule has 2 aliphatic carbocycles. The summed E-state index contributed by atoms with van der Waals surface area (Å²) in [7, 11) is 0. The van der Waals surface area contributed by atoms with Crippen LogP contribution in [0.25, 0.3) is 11.1 Å². The fourth-order valence-electron chi connectivity index (χ4n) is 6.14. The second kappa shape index (κ2) is 10.2. The summed E-state index contributed by atoms with van der Waals surface area (Å²) >= 11 is 0. The van der Waals surface area contributed by atoms with Gasteiger partial charge in [-0.3, -0.25) is 0 Å². The second-order valence-electron chi connectivity index (χ2n) is 9.96. The van der Waals surface area contributed by atoms with Crippen LogP contribution in [0, 0.1) is 35.2 Å². The number of halogens is 3. The van der Waals surface area contributed by atoms with Gasteiger partial charge in [0.2, 0.25) is 0 Å². The van der Waals surface area contributed by atoms with Crippen LogP contribution in [0.5, 0.6) is 0 Å². The second-order valence-corrected chi connectivity index (χ2v) is 9.96. The van der Waals surface area contributed by atoms with Gasteiger partial charge in [0.05, 0.1) is 0 Å². The van der Waals surface area contributed by atoms with Gasteiger partial charge in [-0.25, -0.2) is 13.2 Å². The molecule has 1 unspecified atom stereocenters. The van der Waals surface area contributed by atoms with E-state index in [0.717, 1.165) is 42.2 Å². The lowest BCUT2D eigenvalue weighted by Crippen LogP contribution is -2.30. The molecule has 0 spiro atoms. The number of fused-ring (bicyclic) bond motifs is 1. The molecule has 2 aromatic rings. The summed E-state index contributed by atoms with van der Waals surface area (Å²) in [6.45, 7) is 2.27. The molecule has 0 saturated heterocycles. The van der Waals surface area contributed by atoms with Crippen molar-refractivity contribution in [1.29, 1.82) is 0 Å². The lowest BCUT2D eigenvalue weighted by Gasteiger charge is -2.42. The molecule has 0 nitrogen and oxygen atoms in total. The van der Waals surface area contributed by atoms with Gasteiger partial charge in [-0.1, -0.05) is 57.6 Å². The third-order valence-electron chi connectivity index (χ3n) is 7.83. The van der Waals surface area contributed by atoms with Crippen LogP contribution in [0.2, 0.25) is 0 Å². The molecule has 0 heterocycles. The summed E-state index contributed by atoms with van der Waals surface area (Å²) in [5, 5.41) is 0. The molecule has 0 aliphatic heterocycles. The molecule has 4 atom stereocenters. The van der Waals surface area contributed by atoms with Gasteiger partial charge in [0.15, 0.2) is 0 Å². The Morgan fingerprint density at radius 3 is 2.26 bits per heavy atom. The summed E-state index contributed by atoms with van der Waals surface area (Å²) in [4.78, 5) is 0. The first-order valence-corrected chi connectivity index (χ1v) is 12.3. The Balaban J connectivity index is 1.37. The molecule has 2 aliphatic rings. The molecule has 31 heavy (non-hydrogen) atoms. The average Bonchev–Trinajstić information content (AvgIpc) is 2.75. The van der Waals surface area contributed by atoms with Gasteiger partial charge >= 0.3 is 0 Å². The summed E-state index contributed by atoms with van der Waals surface area (Å²) < 4.78 is 41.9. The third kappa shape index (κ3) is 5.54. The SMILES string of the molecule is CCCCCCC1CC[C@@H]2C[C@H](c3ccc(-c4cc(F)cc(F)c4)c(F)c3)CC[C@@H]2C1. The smallest absolute Gasteiger partial charge is 0.131 e. The molecular formula is C28H35F3. The monoisotopic (exact) mass is 428 g/mol. The zero-order valence-electron chi connectivity index (χ0n) is 18.7. The van der Waals surface area contributed by atoms with E-state index in [1.54, 1.807) is 12.1 Å². The number of rotatable bonds is 7. The Labute approximate surface area is 185 Å². The van der Waals surface area contributed by atoms with Gasteiger partial charge in [0, 0.05) is 11.6 Å². The lowest BCUT2D eigenvalue weighted by molar-refractivity contribution is 0.113. The highest BCUT2D eigenvalue weighted by Crippen LogP contribution is 2.48. The first-order chi connectivity index (χ1) is 15.0. The predicted octanol–water partition coefficient (Wildman–Crippen LogP) is 9.04. The number of hydrogen-bond acceptors (Lipinski definition) is 0. The van der Waals surface area contributed by atoms with Crippen molar-refractivity contribution in [2.45, 2.75) is 83.5 Å². The van der Waals surface area contributed by atoms with E-state index in [-0.39, 0.29) is 16.9 Å². The van der Waals surface area contributed by atoms with Crippen LogP contribution in [-0.4, -0.2) is 0 Å². The van der Waals surface area contributed by atoms with Gasteiger partial charge in [-0.05, 0) is 85.1 Å². The van der Waals surface area contributed by atoms with Crippen molar-refractivity contribution in [3.05, 3.63) is 59.4 Å². The first-order valence-electron chi connectivity index (χ1n) is 12.3. The summed E-state index contributed by atoms with van der Waals surface area (Å²) in [5.41, 5.74) is 1.56. The summed E-state index contributed by atoms with van der Waals surface area (Å²) in [5.74, 6) is 1.18. The van der Waals surface area contributed by atoms with E-state index in [4.69, 9.17) is 0 Å². The molecule has 168 valence electrons. The standard InChI is InChI=1S/C28H35F3/c1-2-3-4-5-6-19-7-8-21-14-22(10-9-20(21)13-19)23-11-12-27(28(31)17-23)24-15-25(29)18-26(30)16-24/h11-12,15-22H,2-10,13-14H2,1H3/t19?,20-,21-,22-/m1/s1. The largest absolute Gasteiger partial charge is 0.207 e. The van der Waals surface area contributed by atoms with E-state index < -0.39 is 11.6 Å². The number of hydrogen-bond donors (Lipinski definition) is 0. The molecule has 0 N–H and O–H groups in total. The number of benzene rings is 2. The quantitative estimate of drug-likeness (QED) is 0.386. The van der Waals surface area contributed by atoms with Gasteiger partial charge in [-0.2, -0.15) is 0 Å². The van der Waals surface area contributed by atoms with Gasteiger partial charge in [0.25, 0.3) is 0 Å². The summed E-state index contributed by atoms with van der Waals surface area (Å²) in [6.07, 6.45) is 14.4. The van der Waals surface area contributed by atoms with E-state index in [1.807, 2.05) is 6.07 Å². The zero-order valence-corrected chi connectivity index (χ0v) is 18.7. The Hall–Kier alpha value is -1.77. The van der Waals surface area contributed by atoms with Crippen molar-refractivity contribution in [1.82, 2.24) is 0 Å². The van der Waals surface area contributed by atoms with E-state index in [9.17, 15) is 13.2 Å². The minimum Gasteiger partial charge on any atom is -0.207 e. The normalized spacial score (nSPS) is 25.9. The maximum atomic E-state index is 14.9. The molecule has 2 aromatic carbocycles. The Morgan fingerprint density at radius 1 is 0.774 bits per heavy atom.